The van der Waals surface area contributed by atoms with Crippen LogP contribution in [0.1, 0.15) is 15.9 Å². The van der Waals surface area contributed by atoms with E-state index in [1.807, 2.05) is 22.6 Å². The predicted molar refractivity (Wildman–Crippen MR) is 58.9 cm³/mol. The molecule has 70 valence electrons. The van der Waals surface area contributed by atoms with Crippen molar-refractivity contribution in [2.75, 3.05) is 5.88 Å². The standard InChI is InChI=1S/C9H7ClFIO/c1-5-7(9(13)4-10)2-6(12)3-8(5)11/h2-3H,4H2,1H3. The van der Waals surface area contributed by atoms with E-state index in [9.17, 15) is 9.18 Å². The zero-order valence-corrected chi connectivity index (χ0v) is 9.82. The van der Waals surface area contributed by atoms with Gasteiger partial charge in [0, 0.05) is 9.13 Å². The lowest BCUT2D eigenvalue weighted by atomic mass is 10.1. The van der Waals surface area contributed by atoms with Gasteiger partial charge in [0.05, 0.1) is 5.88 Å². The van der Waals surface area contributed by atoms with E-state index < -0.39 is 0 Å². The third-order valence-corrected chi connectivity index (χ3v) is 2.60. The number of alkyl halides is 1. The second-order valence-electron chi connectivity index (χ2n) is 2.62. The summed E-state index contributed by atoms with van der Waals surface area (Å²) < 4.78 is 13.8. The van der Waals surface area contributed by atoms with Crippen molar-refractivity contribution in [2.45, 2.75) is 6.92 Å². The minimum Gasteiger partial charge on any atom is -0.293 e. The minimum absolute atomic E-state index is 0.111. The van der Waals surface area contributed by atoms with Crippen LogP contribution in [0.15, 0.2) is 12.1 Å². The molecule has 0 aliphatic carbocycles. The summed E-state index contributed by atoms with van der Waals surface area (Å²) in [6.45, 7) is 1.57. The van der Waals surface area contributed by atoms with Crippen molar-refractivity contribution in [2.24, 2.45) is 0 Å². The second kappa shape index (κ2) is 4.37. The van der Waals surface area contributed by atoms with E-state index in [0.717, 1.165) is 0 Å². The summed E-state index contributed by atoms with van der Waals surface area (Å²) in [5.74, 6) is -0.711. The SMILES string of the molecule is Cc1c(F)cc(I)cc1C(=O)CCl. The zero-order valence-electron chi connectivity index (χ0n) is 6.90. The summed E-state index contributed by atoms with van der Waals surface area (Å²) in [4.78, 5) is 11.2. The topological polar surface area (TPSA) is 17.1 Å². The van der Waals surface area contributed by atoms with E-state index in [2.05, 4.69) is 0 Å². The molecule has 0 aliphatic heterocycles. The lowest BCUT2D eigenvalue weighted by Crippen LogP contribution is -2.05. The van der Waals surface area contributed by atoms with Crippen molar-refractivity contribution in [3.05, 3.63) is 32.6 Å². The van der Waals surface area contributed by atoms with E-state index in [-0.39, 0.29) is 17.5 Å². The molecule has 1 rings (SSSR count). The van der Waals surface area contributed by atoms with Gasteiger partial charge in [0.2, 0.25) is 0 Å². The first kappa shape index (κ1) is 10.9. The van der Waals surface area contributed by atoms with Crippen LogP contribution in [0, 0.1) is 16.3 Å². The van der Waals surface area contributed by atoms with Crippen molar-refractivity contribution in [1.29, 1.82) is 0 Å². The maximum absolute atomic E-state index is 13.1. The van der Waals surface area contributed by atoms with Crippen LogP contribution in [0.4, 0.5) is 4.39 Å². The van der Waals surface area contributed by atoms with E-state index in [4.69, 9.17) is 11.6 Å². The van der Waals surface area contributed by atoms with Crippen LogP contribution in [0.25, 0.3) is 0 Å². The maximum atomic E-state index is 13.1. The number of carbonyl (C=O) groups excluding carboxylic acids is 1. The first-order chi connectivity index (χ1) is 6.06. The third kappa shape index (κ3) is 2.40. The summed E-state index contributed by atoms with van der Waals surface area (Å²) in [5, 5.41) is 0. The first-order valence-corrected chi connectivity index (χ1v) is 5.22. The molecule has 4 heteroatoms. The van der Waals surface area contributed by atoms with Crippen LogP contribution in [0.3, 0.4) is 0 Å². The van der Waals surface area contributed by atoms with E-state index >= 15 is 0 Å². The Morgan fingerprint density at radius 2 is 2.23 bits per heavy atom. The summed E-state index contributed by atoms with van der Waals surface area (Å²) in [6, 6.07) is 3.03. The molecule has 0 spiro atoms. The van der Waals surface area contributed by atoms with Crippen molar-refractivity contribution in [3.8, 4) is 0 Å². The molecular formula is C9H7ClFIO. The fourth-order valence-electron chi connectivity index (χ4n) is 1.01. The Morgan fingerprint density at radius 3 is 2.77 bits per heavy atom. The predicted octanol–water partition coefficient (Wildman–Crippen LogP) is 3.16. The summed E-state index contributed by atoms with van der Waals surface area (Å²) >= 11 is 7.35. The molecule has 0 unspecified atom stereocenters. The molecule has 0 amide bonds. The first-order valence-electron chi connectivity index (χ1n) is 3.61. The average Bonchev–Trinajstić information content (AvgIpc) is 2.10. The Hall–Kier alpha value is -0.160. The Labute approximate surface area is 94.4 Å². The molecule has 1 aromatic rings. The highest BCUT2D eigenvalue weighted by atomic mass is 127. The molecule has 0 heterocycles. The smallest absolute Gasteiger partial charge is 0.177 e. The normalized spacial score (nSPS) is 10.2. The quantitative estimate of drug-likeness (QED) is 0.466. The van der Waals surface area contributed by atoms with Gasteiger partial charge < -0.3 is 0 Å². The van der Waals surface area contributed by atoms with Crippen LogP contribution in [0.2, 0.25) is 0 Å². The van der Waals surface area contributed by atoms with Crippen molar-refractivity contribution in [3.63, 3.8) is 0 Å². The molecule has 0 fully saturated rings. The van der Waals surface area contributed by atoms with Crippen LogP contribution in [-0.2, 0) is 0 Å². The second-order valence-corrected chi connectivity index (χ2v) is 4.13. The Kier molecular flexibility index (Phi) is 3.67. The van der Waals surface area contributed by atoms with Crippen molar-refractivity contribution in [1.82, 2.24) is 0 Å². The van der Waals surface area contributed by atoms with Gasteiger partial charge in [-0.3, -0.25) is 4.79 Å². The molecule has 1 nitrogen and oxygen atoms in total. The highest BCUT2D eigenvalue weighted by Crippen LogP contribution is 2.18. The molecule has 0 aliphatic rings. The molecular weight excluding hydrogens is 305 g/mol. The van der Waals surface area contributed by atoms with Crippen molar-refractivity contribution >= 4 is 40.0 Å². The lowest BCUT2D eigenvalue weighted by Gasteiger charge is -2.04. The molecule has 0 bridgehead atoms. The number of hydrogen-bond donors (Lipinski definition) is 0. The molecule has 1 aromatic carbocycles. The number of carbonyl (C=O) groups is 1. The lowest BCUT2D eigenvalue weighted by molar-refractivity contribution is 0.102. The largest absolute Gasteiger partial charge is 0.293 e. The van der Waals surface area contributed by atoms with Gasteiger partial charge in [0.25, 0.3) is 0 Å². The van der Waals surface area contributed by atoms with Gasteiger partial charge in [0.15, 0.2) is 5.78 Å². The number of ketones is 1. The number of benzene rings is 1. The van der Waals surface area contributed by atoms with Crippen molar-refractivity contribution < 1.29 is 9.18 Å². The number of Topliss-reactive ketones (excluding diaryl/α,β-unsaturated/α-hetero) is 1. The van der Waals surface area contributed by atoms with Gasteiger partial charge in [-0.1, -0.05) is 0 Å². The van der Waals surface area contributed by atoms with Crippen LogP contribution < -0.4 is 0 Å². The fourth-order valence-corrected chi connectivity index (χ4v) is 1.74. The van der Waals surface area contributed by atoms with Crippen LogP contribution in [-0.4, -0.2) is 11.7 Å². The summed E-state index contributed by atoms with van der Waals surface area (Å²) in [5.41, 5.74) is 0.741. The van der Waals surface area contributed by atoms with Gasteiger partial charge in [-0.25, -0.2) is 4.39 Å². The Bertz CT molecular complexity index is 352. The summed E-state index contributed by atoms with van der Waals surface area (Å²) in [6.07, 6.45) is 0. The van der Waals surface area contributed by atoms with Gasteiger partial charge in [-0.15, -0.1) is 11.6 Å². The van der Waals surface area contributed by atoms with E-state index in [1.165, 1.54) is 6.07 Å². The highest BCUT2D eigenvalue weighted by molar-refractivity contribution is 14.1. The fraction of sp³-hybridized carbons (Fsp3) is 0.222. The highest BCUT2D eigenvalue weighted by Gasteiger charge is 2.11. The van der Waals surface area contributed by atoms with Gasteiger partial charge in [0.1, 0.15) is 5.82 Å². The zero-order chi connectivity index (χ0) is 10.0. The monoisotopic (exact) mass is 312 g/mol. The number of rotatable bonds is 2. The number of halogens is 3. The van der Waals surface area contributed by atoms with E-state index in [0.29, 0.717) is 14.7 Å². The van der Waals surface area contributed by atoms with Gasteiger partial charge >= 0.3 is 0 Å². The third-order valence-electron chi connectivity index (χ3n) is 1.73. The molecule has 0 N–H and O–H groups in total. The number of hydrogen-bond acceptors (Lipinski definition) is 1. The Balaban J connectivity index is 3.28. The average molecular weight is 313 g/mol. The van der Waals surface area contributed by atoms with Gasteiger partial charge in [-0.05, 0) is 47.2 Å². The Morgan fingerprint density at radius 1 is 1.62 bits per heavy atom. The van der Waals surface area contributed by atoms with Crippen LogP contribution in [0.5, 0.6) is 0 Å². The van der Waals surface area contributed by atoms with Gasteiger partial charge in [-0.2, -0.15) is 0 Å². The molecule has 0 saturated carbocycles. The molecule has 0 atom stereocenters. The minimum atomic E-state index is -0.361. The van der Waals surface area contributed by atoms with Crippen LogP contribution >= 0.6 is 34.2 Å². The molecule has 0 aromatic heterocycles. The molecule has 13 heavy (non-hydrogen) atoms. The molecule has 0 radical (unpaired) electrons. The maximum Gasteiger partial charge on any atom is 0.177 e. The summed E-state index contributed by atoms with van der Waals surface area (Å²) in [7, 11) is 0. The molecule has 0 saturated heterocycles. The van der Waals surface area contributed by atoms with E-state index in [1.54, 1.807) is 13.0 Å².